The topological polar surface area (TPSA) is 155 Å². The Balaban J connectivity index is 2.26. The first-order valence-electron chi connectivity index (χ1n) is 10.4. The summed E-state index contributed by atoms with van der Waals surface area (Å²) in [6.45, 7) is 4.67. The van der Waals surface area contributed by atoms with Crippen LogP contribution in [-0.4, -0.2) is 35.0 Å². The molecule has 2 N–H and O–H groups in total. The van der Waals surface area contributed by atoms with Crippen molar-refractivity contribution in [2.45, 2.75) is 33.2 Å². The first-order valence-corrected chi connectivity index (χ1v) is 12.3. The van der Waals surface area contributed by atoms with Gasteiger partial charge in [0, 0.05) is 11.1 Å². The molecule has 0 saturated carbocycles. The van der Waals surface area contributed by atoms with Crippen LogP contribution in [0.3, 0.4) is 0 Å². The Kier molecular flexibility index (Phi) is 7.02. The van der Waals surface area contributed by atoms with Gasteiger partial charge in [0.2, 0.25) is 21.8 Å². The summed E-state index contributed by atoms with van der Waals surface area (Å²) in [5.41, 5.74) is -0.748. The van der Waals surface area contributed by atoms with Crippen LogP contribution in [0.4, 0.5) is 10.2 Å². The predicted molar refractivity (Wildman–Crippen MR) is 127 cm³/mol. The van der Waals surface area contributed by atoms with Gasteiger partial charge in [-0.3, -0.25) is 23.9 Å². The number of nitrogens with zero attached hydrogens (tertiary/aromatic N) is 3. The molecule has 2 aromatic heterocycles. The summed E-state index contributed by atoms with van der Waals surface area (Å²) in [5, 5.41) is 9.29. The number of ketones is 1. The lowest BCUT2D eigenvalue weighted by Crippen LogP contribution is -2.38. The molecule has 0 aliphatic heterocycles. The lowest BCUT2D eigenvalue weighted by molar-refractivity contribution is 0.102. The molecule has 0 aliphatic carbocycles. The fourth-order valence-electron chi connectivity index (χ4n) is 3.70. The molecule has 3 rings (SSSR count). The van der Waals surface area contributed by atoms with Gasteiger partial charge in [-0.15, -0.1) is 0 Å². The zero-order chi connectivity index (χ0) is 26.1. The van der Waals surface area contributed by atoms with E-state index in [1.807, 2.05) is 6.07 Å². The van der Waals surface area contributed by atoms with Crippen LogP contribution in [0.1, 0.15) is 58.1 Å². The first kappa shape index (κ1) is 25.5. The van der Waals surface area contributed by atoms with Gasteiger partial charge in [0.1, 0.15) is 11.5 Å². The second kappa shape index (κ2) is 9.63. The van der Waals surface area contributed by atoms with Crippen molar-refractivity contribution in [2.75, 3.05) is 11.0 Å². The van der Waals surface area contributed by atoms with Gasteiger partial charge >= 0.3 is 5.69 Å². The third-order valence-electron chi connectivity index (χ3n) is 4.98. The van der Waals surface area contributed by atoms with Crippen LogP contribution in [-0.2, 0) is 16.6 Å². The Hall–Kier alpha value is -4.11. The highest BCUT2D eigenvalue weighted by atomic mass is 32.2. The number of nitrogens with one attached hydrogen (secondary N) is 2. The number of carbonyl (C=O) groups is 1. The number of aromatic nitrogens is 3. The number of H-pyrrole nitrogens is 1. The molecule has 0 bridgehead atoms. The second-order valence-electron chi connectivity index (χ2n) is 8.35. The number of hydrogen-bond donors (Lipinski definition) is 2. The van der Waals surface area contributed by atoms with Crippen molar-refractivity contribution < 1.29 is 17.6 Å². The van der Waals surface area contributed by atoms with Gasteiger partial charge in [0.15, 0.2) is 0 Å². The molecule has 35 heavy (non-hydrogen) atoms. The van der Waals surface area contributed by atoms with Crippen LogP contribution < -0.4 is 16.0 Å². The molecule has 0 atom stereocenters. The van der Waals surface area contributed by atoms with Crippen molar-refractivity contribution in [3.63, 3.8) is 0 Å². The summed E-state index contributed by atoms with van der Waals surface area (Å²) in [6.07, 6.45) is 0.870. The number of hydrogen-bond acceptors (Lipinski definition) is 7. The molecule has 12 heteroatoms. The molecule has 0 radical (unpaired) electrons. The molecule has 0 saturated heterocycles. The van der Waals surface area contributed by atoms with E-state index in [0.29, 0.717) is 5.56 Å². The maximum atomic E-state index is 14.1. The molecule has 0 fully saturated rings. The van der Waals surface area contributed by atoms with Gasteiger partial charge in [0.25, 0.3) is 5.56 Å². The summed E-state index contributed by atoms with van der Waals surface area (Å²) >= 11 is 0. The number of sulfonamides is 1. The molecular weight excluding hydrogens is 477 g/mol. The number of halogens is 1. The van der Waals surface area contributed by atoms with Crippen LogP contribution in [0.25, 0.3) is 0 Å². The normalized spacial score (nSPS) is 11.3. The summed E-state index contributed by atoms with van der Waals surface area (Å²) in [5.74, 6) is -2.46. The van der Waals surface area contributed by atoms with Gasteiger partial charge in [0.05, 0.1) is 24.4 Å². The Bertz CT molecular complexity index is 1600. The van der Waals surface area contributed by atoms with Crippen LogP contribution in [0, 0.1) is 24.2 Å². The molecule has 10 nitrogen and oxygen atoms in total. The van der Waals surface area contributed by atoms with Crippen molar-refractivity contribution in [3.8, 4) is 6.07 Å². The molecule has 1 aromatic carbocycles. The van der Waals surface area contributed by atoms with E-state index in [2.05, 4.69) is 14.7 Å². The van der Waals surface area contributed by atoms with Gasteiger partial charge in [-0.1, -0.05) is 13.8 Å². The fourth-order valence-corrected chi connectivity index (χ4v) is 4.18. The van der Waals surface area contributed by atoms with E-state index >= 15 is 0 Å². The van der Waals surface area contributed by atoms with Crippen LogP contribution in [0.2, 0.25) is 0 Å². The maximum absolute atomic E-state index is 14.1. The third kappa shape index (κ3) is 5.88. The molecule has 182 valence electrons. The van der Waals surface area contributed by atoms with Crippen molar-refractivity contribution in [1.29, 1.82) is 5.26 Å². The van der Waals surface area contributed by atoms with Gasteiger partial charge in [-0.2, -0.15) is 9.65 Å². The van der Waals surface area contributed by atoms with E-state index in [1.54, 1.807) is 26.8 Å². The number of nitriles is 1. The van der Waals surface area contributed by atoms with E-state index < -0.39 is 38.9 Å². The number of benzene rings is 1. The molecule has 0 aliphatic rings. The van der Waals surface area contributed by atoms with Crippen molar-refractivity contribution in [3.05, 3.63) is 90.6 Å². The summed E-state index contributed by atoms with van der Waals surface area (Å²) < 4.78 is 40.3. The Morgan fingerprint density at radius 1 is 1.23 bits per heavy atom. The number of rotatable bonds is 7. The molecule has 0 unspecified atom stereocenters. The van der Waals surface area contributed by atoms with E-state index in [9.17, 15) is 32.5 Å². The van der Waals surface area contributed by atoms with E-state index in [1.165, 1.54) is 18.2 Å². The van der Waals surface area contributed by atoms with Crippen LogP contribution >= 0.6 is 0 Å². The fraction of sp³-hybridized carbons (Fsp3) is 0.261. The molecule has 3 aromatic rings. The van der Waals surface area contributed by atoms with Crippen LogP contribution in [0.5, 0.6) is 0 Å². The SMILES string of the molecule is Cc1cc(C#N)cc(C(=O)c2c(C(C)C)c(=O)[nH]c(=O)n2Cc2cc(F)nc(NS(C)(=O)=O)c2)c1. The number of pyridine rings is 1. The monoisotopic (exact) mass is 499 g/mol. The Morgan fingerprint density at radius 3 is 2.51 bits per heavy atom. The number of anilines is 1. The quantitative estimate of drug-likeness (QED) is 0.372. The Morgan fingerprint density at radius 2 is 1.91 bits per heavy atom. The predicted octanol–water partition coefficient (Wildman–Crippen LogP) is 2.02. The highest BCUT2D eigenvalue weighted by Gasteiger charge is 2.25. The van der Waals surface area contributed by atoms with Crippen molar-refractivity contribution in [1.82, 2.24) is 14.5 Å². The van der Waals surface area contributed by atoms with E-state index in [-0.39, 0.29) is 40.3 Å². The maximum Gasteiger partial charge on any atom is 0.329 e. The molecule has 0 amide bonds. The standard InChI is InChI=1S/C23H22FN5O5S/c1-12(2)19-20(21(30)16-6-13(3)5-14(7-16)10-25)29(23(32)27-22(19)31)11-15-8-17(24)26-18(9-15)28-35(4,33)34/h5-9,12H,11H2,1-4H3,(H,26,28)(H,27,31,32). The second-order valence-corrected chi connectivity index (χ2v) is 10.1. The number of aromatic amines is 1. The number of carbonyl (C=O) groups excluding carboxylic acids is 1. The van der Waals surface area contributed by atoms with Crippen molar-refractivity contribution >= 4 is 21.6 Å². The van der Waals surface area contributed by atoms with Gasteiger partial charge in [-0.05, 0) is 54.3 Å². The zero-order valence-electron chi connectivity index (χ0n) is 19.3. The van der Waals surface area contributed by atoms with Gasteiger partial charge < -0.3 is 0 Å². The Labute approximate surface area is 200 Å². The van der Waals surface area contributed by atoms with E-state index in [0.717, 1.165) is 16.9 Å². The minimum Gasteiger partial charge on any atom is -0.287 e. The van der Waals surface area contributed by atoms with Crippen molar-refractivity contribution in [2.24, 2.45) is 0 Å². The highest BCUT2D eigenvalue weighted by Crippen LogP contribution is 2.21. The average Bonchev–Trinajstić information content (AvgIpc) is 2.72. The lowest BCUT2D eigenvalue weighted by Gasteiger charge is -2.18. The lowest BCUT2D eigenvalue weighted by atomic mass is 9.95. The minimum absolute atomic E-state index is 0.0404. The summed E-state index contributed by atoms with van der Waals surface area (Å²) in [7, 11) is -3.76. The first-order chi connectivity index (χ1) is 16.3. The molecule has 0 spiro atoms. The molecular formula is C23H22FN5O5S. The minimum atomic E-state index is -3.76. The zero-order valence-corrected chi connectivity index (χ0v) is 20.2. The molecule has 2 heterocycles. The smallest absolute Gasteiger partial charge is 0.287 e. The summed E-state index contributed by atoms with van der Waals surface area (Å²) in [4.78, 5) is 44.8. The highest BCUT2D eigenvalue weighted by molar-refractivity contribution is 7.92. The average molecular weight is 500 g/mol. The third-order valence-corrected chi connectivity index (χ3v) is 5.56. The largest absolute Gasteiger partial charge is 0.329 e. The van der Waals surface area contributed by atoms with Crippen LogP contribution in [0.15, 0.2) is 39.9 Å². The van der Waals surface area contributed by atoms with E-state index in [4.69, 9.17) is 0 Å². The summed E-state index contributed by atoms with van der Waals surface area (Å²) in [6, 6.07) is 8.63. The number of aryl methyl sites for hydroxylation is 1. The van der Waals surface area contributed by atoms with Gasteiger partial charge in [-0.25, -0.2) is 18.2 Å².